The van der Waals surface area contributed by atoms with Crippen LogP contribution in [-0.4, -0.2) is 56.1 Å². The molecule has 0 aliphatic carbocycles. The van der Waals surface area contributed by atoms with Gasteiger partial charge in [0.05, 0.1) is 0 Å². The van der Waals surface area contributed by atoms with E-state index in [1.54, 1.807) is 0 Å². The van der Waals surface area contributed by atoms with Gasteiger partial charge in [0.2, 0.25) is 0 Å². The zero-order valence-electron chi connectivity index (χ0n) is 10.6. The number of rotatable bonds is 5. The maximum Gasteiger partial charge on any atom is 0.00914 e. The Kier molecular flexibility index (Phi) is 5.58. The van der Waals surface area contributed by atoms with E-state index >= 15 is 0 Å². The second-order valence-corrected chi connectivity index (χ2v) is 5.08. The molecule has 15 heavy (non-hydrogen) atoms. The van der Waals surface area contributed by atoms with Crippen molar-refractivity contribution in [1.82, 2.24) is 9.80 Å². The Morgan fingerprint density at radius 3 is 2.73 bits per heavy atom. The van der Waals surface area contributed by atoms with Gasteiger partial charge in [-0.2, -0.15) is 0 Å². The lowest BCUT2D eigenvalue weighted by Gasteiger charge is -2.36. The molecular weight excluding hydrogens is 186 g/mol. The van der Waals surface area contributed by atoms with Crippen LogP contribution in [0.15, 0.2) is 0 Å². The lowest BCUT2D eigenvalue weighted by Crippen LogP contribution is -2.47. The fourth-order valence-corrected chi connectivity index (χ4v) is 2.37. The number of likely N-dealkylation sites (tertiary alicyclic amines) is 1. The van der Waals surface area contributed by atoms with Crippen molar-refractivity contribution in [1.29, 1.82) is 0 Å². The van der Waals surface area contributed by atoms with E-state index in [1.807, 2.05) is 0 Å². The number of hydrogen-bond donors (Lipinski definition) is 1. The quantitative estimate of drug-likeness (QED) is 0.739. The molecule has 1 aliphatic heterocycles. The number of piperidine rings is 1. The zero-order chi connectivity index (χ0) is 11.3. The van der Waals surface area contributed by atoms with E-state index in [-0.39, 0.29) is 0 Å². The first kappa shape index (κ1) is 12.9. The van der Waals surface area contributed by atoms with Gasteiger partial charge in [0.1, 0.15) is 0 Å². The molecule has 0 aromatic heterocycles. The third-order valence-electron chi connectivity index (χ3n) is 3.48. The van der Waals surface area contributed by atoms with E-state index in [9.17, 15) is 0 Å². The van der Waals surface area contributed by atoms with Crippen molar-refractivity contribution < 1.29 is 0 Å². The minimum Gasteiger partial charge on any atom is -0.327 e. The predicted molar refractivity (Wildman–Crippen MR) is 66.0 cm³/mol. The van der Waals surface area contributed by atoms with Crippen molar-refractivity contribution in [2.45, 2.75) is 32.2 Å². The minimum absolute atomic E-state index is 0.445. The molecule has 1 fully saturated rings. The molecule has 0 saturated carbocycles. The van der Waals surface area contributed by atoms with Crippen LogP contribution in [0.4, 0.5) is 0 Å². The molecule has 2 N–H and O–H groups in total. The van der Waals surface area contributed by atoms with Gasteiger partial charge in [-0.05, 0) is 52.5 Å². The first-order valence-electron chi connectivity index (χ1n) is 6.26. The molecule has 0 amide bonds. The molecule has 1 rings (SSSR count). The highest BCUT2D eigenvalue weighted by molar-refractivity contribution is 4.81. The van der Waals surface area contributed by atoms with Crippen molar-refractivity contribution in [3.8, 4) is 0 Å². The Labute approximate surface area is 94.6 Å². The average Bonchev–Trinajstić information content (AvgIpc) is 2.20. The predicted octanol–water partition coefficient (Wildman–Crippen LogP) is 0.997. The number of nitrogens with zero attached hydrogens (tertiary/aromatic N) is 2. The smallest absolute Gasteiger partial charge is 0.00914 e. The molecule has 90 valence electrons. The fraction of sp³-hybridized carbons (Fsp3) is 1.00. The Morgan fingerprint density at radius 1 is 1.40 bits per heavy atom. The second kappa shape index (κ2) is 6.46. The van der Waals surface area contributed by atoms with Crippen LogP contribution in [-0.2, 0) is 0 Å². The summed E-state index contributed by atoms with van der Waals surface area (Å²) >= 11 is 0. The Hall–Kier alpha value is -0.120. The van der Waals surface area contributed by atoms with Crippen LogP contribution in [0.1, 0.15) is 26.2 Å². The normalized spacial score (nSPS) is 28.6. The molecule has 0 radical (unpaired) electrons. The highest BCUT2D eigenvalue weighted by atomic mass is 15.1. The van der Waals surface area contributed by atoms with Crippen LogP contribution < -0.4 is 5.73 Å². The summed E-state index contributed by atoms with van der Waals surface area (Å²) in [7, 11) is 4.28. The number of hydrogen-bond acceptors (Lipinski definition) is 3. The van der Waals surface area contributed by atoms with Crippen molar-refractivity contribution in [2.24, 2.45) is 11.7 Å². The summed E-state index contributed by atoms with van der Waals surface area (Å²) in [5.41, 5.74) is 6.09. The van der Waals surface area contributed by atoms with Gasteiger partial charge in [-0.25, -0.2) is 0 Å². The SMILES string of the molecule is CCC1CN(CCCN(C)C)CCC1N. The second-order valence-electron chi connectivity index (χ2n) is 5.08. The lowest BCUT2D eigenvalue weighted by atomic mass is 9.91. The molecule has 3 nitrogen and oxygen atoms in total. The standard InChI is InChI=1S/C12H27N3/c1-4-11-10-15(9-6-12(11)13)8-5-7-14(2)3/h11-12H,4-10,13H2,1-3H3. The van der Waals surface area contributed by atoms with Crippen molar-refractivity contribution in [2.75, 3.05) is 40.3 Å². The molecule has 2 atom stereocenters. The molecule has 1 aliphatic rings. The van der Waals surface area contributed by atoms with Gasteiger partial charge in [0, 0.05) is 12.6 Å². The van der Waals surface area contributed by atoms with E-state index in [4.69, 9.17) is 5.73 Å². The summed E-state index contributed by atoms with van der Waals surface area (Å²) in [6.07, 6.45) is 3.69. The molecule has 2 unspecified atom stereocenters. The van der Waals surface area contributed by atoms with E-state index in [2.05, 4.69) is 30.8 Å². The molecular formula is C12H27N3. The molecule has 1 saturated heterocycles. The summed E-state index contributed by atoms with van der Waals surface area (Å²) in [5, 5.41) is 0. The van der Waals surface area contributed by atoms with Gasteiger partial charge < -0.3 is 15.5 Å². The van der Waals surface area contributed by atoms with Crippen LogP contribution in [0, 0.1) is 5.92 Å². The van der Waals surface area contributed by atoms with Gasteiger partial charge in [-0.1, -0.05) is 13.3 Å². The summed E-state index contributed by atoms with van der Waals surface area (Å²) in [6, 6.07) is 0.445. The largest absolute Gasteiger partial charge is 0.327 e. The summed E-state index contributed by atoms with van der Waals surface area (Å²) in [6.45, 7) is 7.10. The van der Waals surface area contributed by atoms with Crippen LogP contribution >= 0.6 is 0 Å². The minimum atomic E-state index is 0.445. The van der Waals surface area contributed by atoms with Crippen molar-refractivity contribution >= 4 is 0 Å². The van der Waals surface area contributed by atoms with Gasteiger partial charge in [-0.3, -0.25) is 0 Å². The van der Waals surface area contributed by atoms with E-state index in [0.717, 1.165) is 5.92 Å². The lowest BCUT2D eigenvalue weighted by molar-refractivity contribution is 0.147. The summed E-state index contributed by atoms with van der Waals surface area (Å²) in [4.78, 5) is 4.84. The monoisotopic (exact) mass is 213 g/mol. The van der Waals surface area contributed by atoms with Gasteiger partial charge in [-0.15, -0.1) is 0 Å². The van der Waals surface area contributed by atoms with Gasteiger partial charge in [0.25, 0.3) is 0 Å². The highest BCUT2D eigenvalue weighted by Crippen LogP contribution is 2.18. The van der Waals surface area contributed by atoms with E-state index in [1.165, 1.54) is 45.4 Å². The van der Waals surface area contributed by atoms with Crippen LogP contribution in [0.5, 0.6) is 0 Å². The summed E-state index contributed by atoms with van der Waals surface area (Å²) in [5.74, 6) is 0.720. The molecule has 1 heterocycles. The third kappa shape index (κ3) is 4.49. The topological polar surface area (TPSA) is 32.5 Å². The Bertz CT molecular complexity index is 170. The van der Waals surface area contributed by atoms with E-state index in [0.29, 0.717) is 6.04 Å². The third-order valence-corrected chi connectivity index (χ3v) is 3.48. The van der Waals surface area contributed by atoms with Gasteiger partial charge >= 0.3 is 0 Å². The van der Waals surface area contributed by atoms with Gasteiger partial charge in [0.15, 0.2) is 0 Å². The molecule has 0 aromatic carbocycles. The highest BCUT2D eigenvalue weighted by Gasteiger charge is 2.24. The van der Waals surface area contributed by atoms with Crippen LogP contribution in [0.25, 0.3) is 0 Å². The zero-order valence-corrected chi connectivity index (χ0v) is 10.6. The number of nitrogens with two attached hydrogens (primary N) is 1. The first-order valence-corrected chi connectivity index (χ1v) is 6.26. The molecule has 0 aromatic rings. The summed E-state index contributed by atoms with van der Waals surface area (Å²) < 4.78 is 0. The average molecular weight is 213 g/mol. The van der Waals surface area contributed by atoms with Crippen LogP contribution in [0.3, 0.4) is 0 Å². The first-order chi connectivity index (χ1) is 7.13. The van der Waals surface area contributed by atoms with Crippen molar-refractivity contribution in [3.63, 3.8) is 0 Å². The maximum absolute atomic E-state index is 6.09. The Morgan fingerprint density at radius 2 is 2.13 bits per heavy atom. The Balaban J connectivity index is 2.20. The fourth-order valence-electron chi connectivity index (χ4n) is 2.37. The molecule has 0 bridgehead atoms. The molecule has 3 heteroatoms. The molecule has 0 spiro atoms. The van der Waals surface area contributed by atoms with Crippen molar-refractivity contribution in [3.05, 3.63) is 0 Å². The van der Waals surface area contributed by atoms with E-state index < -0.39 is 0 Å². The van der Waals surface area contributed by atoms with Crippen LogP contribution in [0.2, 0.25) is 0 Å². The maximum atomic E-state index is 6.09.